The van der Waals surface area contributed by atoms with Crippen LogP contribution >= 0.6 is 11.3 Å². The van der Waals surface area contributed by atoms with Crippen molar-refractivity contribution in [2.45, 2.75) is 0 Å². The fourth-order valence-electron chi connectivity index (χ4n) is 9.19. The molecule has 7 aromatic carbocycles. The molecule has 0 aliphatic rings. The Morgan fingerprint density at radius 1 is 0.365 bits per heavy atom. The molecule has 13 rings (SSSR count). The molecular formula is C55H33N7S. The first-order chi connectivity index (χ1) is 31.2. The Hall–Kier alpha value is -8.33. The lowest BCUT2D eigenvalue weighted by Gasteiger charge is -2.12. The summed E-state index contributed by atoms with van der Waals surface area (Å²) in [5.74, 6) is 1.27. The summed E-state index contributed by atoms with van der Waals surface area (Å²) in [6.45, 7) is 0. The van der Waals surface area contributed by atoms with E-state index >= 15 is 0 Å². The van der Waals surface area contributed by atoms with Crippen LogP contribution in [0.2, 0.25) is 0 Å². The highest BCUT2D eigenvalue weighted by atomic mass is 32.1. The van der Waals surface area contributed by atoms with E-state index in [9.17, 15) is 0 Å². The van der Waals surface area contributed by atoms with Gasteiger partial charge in [-0.3, -0.25) is 9.55 Å². The summed E-state index contributed by atoms with van der Waals surface area (Å²) in [7, 11) is 0. The third kappa shape index (κ3) is 5.76. The van der Waals surface area contributed by atoms with E-state index in [4.69, 9.17) is 19.9 Å². The summed E-state index contributed by atoms with van der Waals surface area (Å²) in [6.07, 6.45) is 5.70. The minimum Gasteiger partial charge on any atom is -0.309 e. The van der Waals surface area contributed by atoms with Crippen LogP contribution in [-0.2, 0) is 0 Å². The summed E-state index contributed by atoms with van der Waals surface area (Å²) < 4.78 is 7.05. The largest absolute Gasteiger partial charge is 0.309 e. The van der Waals surface area contributed by atoms with Gasteiger partial charge in [-0.15, -0.1) is 11.3 Å². The molecule has 0 N–H and O–H groups in total. The van der Waals surface area contributed by atoms with Crippen molar-refractivity contribution < 1.29 is 0 Å². The van der Waals surface area contributed by atoms with Crippen molar-refractivity contribution in [2.24, 2.45) is 0 Å². The van der Waals surface area contributed by atoms with Crippen molar-refractivity contribution in [2.75, 3.05) is 0 Å². The van der Waals surface area contributed by atoms with Gasteiger partial charge in [0.2, 0.25) is 5.95 Å². The number of benzene rings is 7. The average Bonchev–Trinajstić information content (AvgIpc) is 4.01. The highest BCUT2D eigenvalue weighted by Gasteiger charge is 2.19. The van der Waals surface area contributed by atoms with Crippen LogP contribution in [0.3, 0.4) is 0 Å². The van der Waals surface area contributed by atoms with Crippen LogP contribution in [0.4, 0.5) is 0 Å². The van der Waals surface area contributed by atoms with Gasteiger partial charge in [-0.05, 0) is 72.8 Å². The highest BCUT2D eigenvalue weighted by molar-refractivity contribution is 7.25. The summed E-state index contributed by atoms with van der Waals surface area (Å²) in [5.41, 5.74) is 11.9. The van der Waals surface area contributed by atoms with Crippen LogP contribution in [0, 0.1) is 0 Å². The molecule has 13 aromatic rings. The molecule has 6 heterocycles. The van der Waals surface area contributed by atoms with Crippen LogP contribution in [-0.4, -0.2) is 34.1 Å². The molecular weight excluding hydrogens is 791 g/mol. The van der Waals surface area contributed by atoms with Crippen molar-refractivity contribution in [1.82, 2.24) is 34.1 Å². The second-order valence-corrected chi connectivity index (χ2v) is 16.8. The number of pyridine rings is 1. The van der Waals surface area contributed by atoms with Crippen molar-refractivity contribution >= 4 is 75.1 Å². The van der Waals surface area contributed by atoms with Crippen LogP contribution in [0.5, 0.6) is 0 Å². The molecule has 294 valence electrons. The first-order valence-electron chi connectivity index (χ1n) is 20.9. The third-order valence-corrected chi connectivity index (χ3v) is 13.3. The number of rotatable bonds is 6. The number of thiophene rings is 1. The standard InChI is InChI=1S/C55H33N7S/c1-3-11-34(12-4-1)46-32-47(35-13-5-2-6-14-35)60-55(59-46)62-49-18-10-7-15-39(49)41-22-19-36(30-51(41)62)45-25-28-57-54(58-45)37-20-23-50-42(29-37)40-16-8-9-17-48(40)61(50)38-21-24-52-43(31-38)44-33-56-27-26-53(44)63-52/h1-33H. The Kier molecular flexibility index (Phi) is 7.94. The van der Waals surface area contributed by atoms with Gasteiger partial charge in [0.1, 0.15) is 0 Å². The molecule has 0 unspecified atom stereocenters. The van der Waals surface area contributed by atoms with Crippen molar-refractivity contribution in [3.63, 3.8) is 0 Å². The Morgan fingerprint density at radius 2 is 1.02 bits per heavy atom. The van der Waals surface area contributed by atoms with E-state index < -0.39 is 0 Å². The minimum atomic E-state index is 0.606. The molecule has 0 amide bonds. The highest BCUT2D eigenvalue weighted by Crippen LogP contribution is 2.40. The molecule has 0 fully saturated rings. The number of aromatic nitrogens is 7. The molecule has 6 aromatic heterocycles. The molecule has 63 heavy (non-hydrogen) atoms. The summed E-state index contributed by atoms with van der Waals surface area (Å²) in [4.78, 5) is 25.0. The summed E-state index contributed by atoms with van der Waals surface area (Å²) in [5, 5.41) is 6.97. The molecule has 0 aliphatic heterocycles. The van der Waals surface area contributed by atoms with Gasteiger partial charge in [0.05, 0.1) is 39.1 Å². The first-order valence-corrected chi connectivity index (χ1v) is 21.7. The van der Waals surface area contributed by atoms with Crippen LogP contribution < -0.4 is 0 Å². The van der Waals surface area contributed by atoms with E-state index in [1.54, 1.807) is 11.3 Å². The molecule has 0 saturated heterocycles. The maximum Gasteiger partial charge on any atom is 0.235 e. The monoisotopic (exact) mass is 823 g/mol. The quantitative estimate of drug-likeness (QED) is 0.167. The Labute approximate surface area is 364 Å². The van der Waals surface area contributed by atoms with E-state index in [1.165, 1.54) is 25.6 Å². The van der Waals surface area contributed by atoms with Gasteiger partial charge in [-0.1, -0.05) is 109 Å². The van der Waals surface area contributed by atoms with Gasteiger partial charge in [0.25, 0.3) is 0 Å². The van der Waals surface area contributed by atoms with Crippen LogP contribution in [0.15, 0.2) is 201 Å². The fourth-order valence-corrected chi connectivity index (χ4v) is 10.2. The zero-order valence-corrected chi connectivity index (χ0v) is 34.4. The number of hydrogen-bond donors (Lipinski definition) is 0. The molecule has 0 spiro atoms. The van der Waals surface area contributed by atoms with Gasteiger partial charge in [-0.2, -0.15) is 0 Å². The molecule has 0 saturated carbocycles. The second-order valence-electron chi connectivity index (χ2n) is 15.8. The van der Waals surface area contributed by atoms with Gasteiger partial charge in [-0.25, -0.2) is 19.9 Å². The van der Waals surface area contributed by atoms with Gasteiger partial charge < -0.3 is 4.57 Å². The lowest BCUT2D eigenvalue weighted by atomic mass is 10.1. The number of fused-ring (bicyclic) bond motifs is 9. The smallest absolute Gasteiger partial charge is 0.235 e. The lowest BCUT2D eigenvalue weighted by molar-refractivity contribution is 0.995. The van der Waals surface area contributed by atoms with Crippen LogP contribution in [0.25, 0.3) is 121 Å². The predicted octanol–water partition coefficient (Wildman–Crippen LogP) is 13.9. The molecule has 0 radical (unpaired) electrons. The number of hydrogen-bond acceptors (Lipinski definition) is 6. The topological polar surface area (TPSA) is 74.3 Å². The normalized spacial score (nSPS) is 11.8. The lowest BCUT2D eigenvalue weighted by Crippen LogP contribution is -2.04. The zero-order chi connectivity index (χ0) is 41.4. The molecule has 7 nitrogen and oxygen atoms in total. The molecule has 0 atom stereocenters. The zero-order valence-electron chi connectivity index (χ0n) is 33.6. The van der Waals surface area contributed by atoms with E-state index in [0.29, 0.717) is 11.8 Å². The number of nitrogens with zero attached hydrogens (tertiary/aromatic N) is 7. The van der Waals surface area contributed by atoms with Gasteiger partial charge >= 0.3 is 0 Å². The van der Waals surface area contributed by atoms with E-state index in [2.05, 4.69) is 154 Å². The van der Waals surface area contributed by atoms with Crippen molar-refractivity contribution in [1.29, 1.82) is 0 Å². The van der Waals surface area contributed by atoms with Crippen LogP contribution in [0.1, 0.15) is 0 Å². The molecule has 0 aliphatic carbocycles. The Bertz CT molecular complexity index is 3870. The maximum atomic E-state index is 5.24. The second kappa shape index (κ2) is 14.1. The third-order valence-electron chi connectivity index (χ3n) is 12.1. The van der Waals surface area contributed by atoms with E-state index in [0.717, 1.165) is 83.2 Å². The van der Waals surface area contributed by atoms with Gasteiger partial charge in [0, 0.05) is 88.2 Å². The van der Waals surface area contributed by atoms with E-state index in [-0.39, 0.29) is 0 Å². The minimum absolute atomic E-state index is 0.606. The maximum absolute atomic E-state index is 5.24. The Morgan fingerprint density at radius 3 is 1.79 bits per heavy atom. The predicted molar refractivity (Wildman–Crippen MR) is 259 cm³/mol. The SMILES string of the molecule is c1ccc(-c2cc(-c3ccccc3)nc(-n3c4ccccc4c4ccc(-c5ccnc(-c6ccc7c(c6)c6ccccc6n7-c6ccc7sc8ccncc8c7c6)n5)cc43)n2)cc1. The molecule has 8 heteroatoms. The Balaban J connectivity index is 0.942. The number of para-hydroxylation sites is 2. The van der Waals surface area contributed by atoms with Crippen molar-refractivity contribution in [3.05, 3.63) is 201 Å². The van der Waals surface area contributed by atoms with Crippen molar-refractivity contribution in [3.8, 4) is 56.8 Å². The summed E-state index contributed by atoms with van der Waals surface area (Å²) >= 11 is 1.80. The first kappa shape index (κ1) is 35.4. The average molecular weight is 824 g/mol. The van der Waals surface area contributed by atoms with Gasteiger partial charge in [0.15, 0.2) is 5.82 Å². The molecule has 0 bridgehead atoms. The van der Waals surface area contributed by atoms with E-state index in [1.807, 2.05) is 61.1 Å². The summed E-state index contributed by atoms with van der Waals surface area (Å²) in [6, 6.07) is 63.8. The fraction of sp³-hybridized carbons (Fsp3) is 0.